The molecule has 67 heavy (non-hydrogen) atoms. The molecule has 0 aromatic heterocycles. The van der Waals surface area contributed by atoms with E-state index < -0.39 is 20.0 Å². The van der Waals surface area contributed by atoms with Gasteiger partial charge >= 0.3 is 0 Å². The van der Waals surface area contributed by atoms with Crippen LogP contribution in [-0.4, -0.2) is 68.5 Å². The first-order valence-corrected chi connectivity index (χ1v) is 31.0. The Morgan fingerprint density at radius 2 is 0.806 bits per heavy atom. The second kappa shape index (κ2) is 50.2. The van der Waals surface area contributed by atoms with E-state index in [4.69, 9.17) is 9.05 Å². The summed E-state index contributed by atoms with van der Waals surface area (Å²) >= 11 is 0. The van der Waals surface area contributed by atoms with Gasteiger partial charge in [0.1, 0.15) is 13.2 Å². The second-order valence-corrected chi connectivity index (χ2v) is 23.1. The van der Waals surface area contributed by atoms with Crippen molar-refractivity contribution in [2.75, 3.05) is 40.9 Å². The van der Waals surface area contributed by atoms with Crippen LogP contribution in [-0.2, 0) is 18.4 Å². The van der Waals surface area contributed by atoms with Gasteiger partial charge in [0, 0.05) is 6.42 Å². The summed E-state index contributed by atoms with van der Waals surface area (Å²) in [4.78, 5) is 25.5. The fraction of sp³-hybridized carbons (Fsp3) is 0.948. The van der Waals surface area contributed by atoms with Crippen molar-refractivity contribution in [3.8, 4) is 0 Å². The van der Waals surface area contributed by atoms with E-state index in [1.165, 1.54) is 244 Å². The lowest BCUT2D eigenvalue weighted by molar-refractivity contribution is -0.870. The van der Waals surface area contributed by atoms with E-state index in [-0.39, 0.29) is 19.1 Å². The predicted octanol–water partition coefficient (Wildman–Crippen LogP) is 17.2. The van der Waals surface area contributed by atoms with Crippen molar-refractivity contribution in [2.24, 2.45) is 0 Å². The highest BCUT2D eigenvalue weighted by Gasteiger charge is 2.23. The summed E-state index contributed by atoms with van der Waals surface area (Å²) in [6.07, 6.45) is 61.5. The molecule has 0 heterocycles. The van der Waals surface area contributed by atoms with Gasteiger partial charge in [0.25, 0.3) is 7.82 Å². The molecule has 400 valence electrons. The van der Waals surface area contributed by atoms with Gasteiger partial charge in [-0.3, -0.25) is 9.36 Å². The maximum Gasteiger partial charge on any atom is 0.268 e. The third-order valence-corrected chi connectivity index (χ3v) is 14.7. The summed E-state index contributed by atoms with van der Waals surface area (Å²) in [7, 11) is 1.28. The van der Waals surface area contributed by atoms with E-state index in [1.807, 2.05) is 27.2 Å². The molecule has 0 aliphatic rings. The first-order chi connectivity index (χ1) is 32.5. The molecule has 0 aromatic carbocycles. The molecular formula is C58H117N2O6P. The molecule has 0 rings (SSSR count). The molecule has 0 saturated carbocycles. The topological polar surface area (TPSA) is 108 Å². The lowest BCUT2D eigenvalue weighted by Gasteiger charge is -2.29. The molecule has 0 saturated heterocycles. The van der Waals surface area contributed by atoms with Gasteiger partial charge in [-0.05, 0) is 19.3 Å². The molecule has 0 aliphatic heterocycles. The van der Waals surface area contributed by atoms with Crippen molar-refractivity contribution in [2.45, 2.75) is 315 Å². The SMILES string of the molecule is CCCCCCCCCCCCCCCC/C=C/C(O)C(COP(=O)([O-])OCC[N+](C)(C)C)NC(=O)CCCCCCCCCCCCCCCCCCCCCCCCCCCCCCC. The number of aliphatic hydroxyl groups is 1. The number of unbranched alkanes of at least 4 members (excludes halogenated alkanes) is 42. The van der Waals surface area contributed by atoms with E-state index in [0.29, 0.717) is 17.4 Å². The second-order valence-electron chi connectivity index (χ2n) is 21.7. The van der Waals surface area contributed by atoms with Crippen molar-refractivity contribution in [3.63, 3.8) is 0 Å². The monoisotopic (exact) mass is 969 g/mol. The Labute approximate surface area is 418 Å². The van der Waals surface area contributed by atoms with E-state index in [1.54, 1.807) is 6.08 Å². The first kappa shape index (κ1) is 66.2. The summed E-state index contributed by atoms with van der Waals surface area (Å²) in [5, 5.41) is 13.9. The Bertz CT molecular complexity index is 1100. The van der Waals surface area contributed by atoms with Crippen LogP contribution in [0.2, 0.25) is 0 Å². The minimum atomic E-state index is -4.59. The number of nitrogens with zero attached hydrogens (tertiary/aromatic N) is 1. The summed E-state index contributed by atoms with van der Waals surface area (Å²) in [6, 6.07) is -0.881. The van der Waals surface area contributed by atoms with Gasteiger partial charge in [-0.2, -0.15) is 0 Å². The molecule has 0 bridgehead atoms. The van der Waals surface area contributed by atoms with Crippen molar-refractivity contribution in [1.82, 2.24) is 5.32 Å². The minimum absolute atomic E-state index is 0.00260. The van der Waals surface area contributed by atoms with Crippen LogP contribution >= 0.6 is 7.82 Å². The van der Waals surface area contributed by atoms with Gasteiger partial charge in [-0.1, -0.05) is 289 Å². The first-order valence-electron chi connectivity index (χ1n) is 29.6. The smallest absolute Gasteiger partial charge is 0.268 e. The standard InChI is InChI=1S/C58H117N2O6P/c1-6-8-10-12-14-16-18-20-22-24-25-26-27-28-29-30-31-32-33-34-35-36-38-40-42-44-46-48-50-52-58(62)59-56(55-66-67(63,64)65-54-53-60(3,4)5)57(61)51-49-47-45-43-41-39-37-23-21-19-17-15-13-11-9-7-2/h49,51,56-57,61H,6-48,50,52-55H2,1-5H3,(H-,59,62,63,64)/b51-49+. The molecule has 0 aromatic rings. The quantitative estimate of drug-likeness (QED) is 0.0272. The fourth-order valence-corrected chi connectivity index (χ4v) is 9.82. The number of carbonyl (C=O) groups excluding carboxylic acids is 1. The number of amides is 1. The number of quaternary nitrogens is 1. The highest BCUT2D eigenvalue weighted by molar-refractivity contribution is 7.45. The number of likely N-dealkylation sites (N-methyl/N-ethyl adjacent to an activating group) is 1. The summed E-state index contributed by atoms with van der Waals surface area (Å²) < 4.78 is 23.3. The average Bonchev–Trinajstić information content (AvgIpc) is 3.29. The highest BCUT2D eigenvalue weighted by Crippen LogP contribution is 2.38. The number of aliphatic hydroxyl groups excluding tert-OH is 1. The van der Waals surface area contributed by atoms with Gasteiger partial charge in [0.2, 0.25) is 5.91 Å². The van der Waals surface area contributed by atoms with E-state index in [9.17, 15) is 19.4 Å². The largest absolute Gasteiger partial charge is 0.756 e. The minimum Gasteiger partial charge on any atom is -0.756 e. The van der Waals surface area contributed by atoms with Crippen LogP contribution in [0.25, 0.3) is 0 Å². The average molecular weight is 970 g/mol. The van der Waals surface area contributed by atoms with Crippen LogP contribution in [0.15, 0.2) is 12.2 Å². The molecule has 8 nitrogen and oxygen atoms in total. The fourth-order valence-electron chi connectivity index (χ4n) is 9.10. The molecule has 3 unspecified atom stereocenters. The lowest BCUT2D eigenvalue weighted by atomic mass is 10.0. The Morgan fingerprint density at radius 3 is 1.12 bits per heavy atom. The van der Waals surface area contributed by atoms with Crippen LogP contribution in [0.3, 0.4) is 0 Å². The van der Waals surface area contributed by atoms with Crippen molar-refractivity contribution < 1.29 is 32.9 Å². The Morgan fingerprint density at radius 1 is 0.507 bits per heavy atom. The third-order valence-electron chi connectivity index (χ3n) is 13.7. The van der Waals surface area contributed by atoms with Gasteiger partial charge in [-0.15, -0.1) is 0 Å². The summed E-state index contributed by atoms with van der Waals surface area (Å²) in [6.45, 7) is 4.70. The van der Waals surface area contributed by atoms with E-state index in [2.05, 4.69) is 19.2 Å². The van der Waals surface area contributed by atoms with Gasteiger partial charge in [0.05, 0.1) is 39.9 Å². The Kier molecular flexibility index (Phi) is 49.6. The maximum atomic E-state index is 13.0. The maximum absolute atomic E-state index is 13.0. The van der Waals surface area contributed by atoms with E-state index in [0.717, 1.165) is 38.5 Å². The van der Waals surface area contributed by atoms with Crippen LogP contribution in [0, 0.1) is 0 Å². The number of hydrogen-bond acceptors (Lipinski definition) is 6. The zero-order valence-corrected chi connectivity index (χ0v) is 46.5. The zero-order chi connectivity index (χ0) is 49.2. The zero-order valence-electron chi connectivity index (χ0n) is 45.6. The highest BCUT2D eigenvalue weighted by atomic mass is 31.2. The van der Waals surface area contributed by atoms with Crippen LogP contribution in [0.5, 0.6) is 0 Å². The van der Waals surface area contributed by atoms with Gasteiger partial charge < -0.3 is 28.8 Å². The summed E-state index contributed by atoms with van der Waals surface area (Å²) in [5.74, 6) is -0.190. The molecule has 2 N–H and O–H groups in total. The van der Waals surface area contributed by atoms with Crippen molar-refractivity contribution >= 4 is 13.7 Å². The molecule has 0 radical (unpaired) electrons. The Balaban J connectivity index is 4.06. The van der Waals surface area contributed by atoms with Gasteiger partial charge in [0.15, 0.2) is 0 Å². The van der Waals surface area contributed by atoms with Crippen LogP contribution < -0.4 is 10.2 Å². The number of rotatable bonds is 55. The third kappa shape index (κ3) is 52.9. The lowest BCUT2D eigenvalue weighted by Crippen LogP contribution is -2.45. The number of carbonyl (C=O) groups is 1. The number of phosphoric ester groups is 1. The molecule has 3 atom stereocenters. The number of nitrogens with one attached hydrogen (secondary N) is 1. The summed E-state index contributed by atoms with van der Waals surface area (Å²) in [5.41, 5.74) is 0. The molecule has 9 heteroatoms. The molecule has 0 fully saturated rings. The number of hydrogen-bond donors (Lipinski definition) is 2. The molecular weight excluding hydrogens is 852 g/mol. The van der Waals surface area contributed by atoms with Crippen molar-refractivity contribution in [3.05, 3.63) is 12.2 Å². The van der Waals surface area contributed by atoms with Crippen LogP contribution in [0.1, 0.15) is 303 Å². The van der Waals surface area contributed by atoms with Crippen LogP contribution in [0.4, 0.5) is 0 Å². The van der Waals surface area contributed by atoms with E-state index >= 15 is 0 Å². The Hall–Kier alpha value is -0.760. The van der Waals surface area contributed by atoms with Gasteiger partial charge in [-0.25, -0.2) is 0 Å². The normalized spacial score (nSPS) is 14.0. The predicted molar refractivity (Wildman–Crippen MR) is 289 cm³/mol. The number of phosphoric acid groups is 1. The molecule has 0 aliphatic carbocycles. The molecule has 0 spiro atoms. The van der Waals surface area contributed by atoms with Crippen molar-refractivity contribution in [1.29, 1.82) is 0 Å². The number of allylic oxidation sites excluding steroid dienone is 1. The molecule has 1 amide bonds.